The van der Waals surface area contributed by atoms with Gasteiger partial charge in [-0.05, 0) is 17.8 Å². The predicted octanol–water partition coefficient (Wildman–Crippen LogP) is 4.90. The summed E-state index contributed by atoms with van der Waals surface area (Å²) in [6, 6.07) is 0. The molecule has 1 nitrogen and oxygen atoms in total. The van der Waals surface area contributed by atoms with E-state index in [1.165, 1.54) is 19.3 Å². The molecule has 0 aliphatic carbocycles. The van der Waals surface area contributed by atoms with Crippen LogP contribution in [0.25, 0.3) is 0 Å². The number of unbranched alkanes of at least 4 members (excludes halogenated alkanes) is 2. The standard InChI is InChI=1S/C12H26O.C2H6/c1-6-7-8-9-13-10-12(4,5)11(2)3;1-2/h11H,6-10H2,1-5H3;1-2H3. The van der Waals surface area contributed by atoms with Crippen molar-refractivity contribution in [1.82, 2.24) is 0 Å². The summed E-state index contributed by atoms with van der Waals surface area (Å²) >= 11 is 0. The molecule has 15 heavy (non-hydrogen) atoms. The van der Waals surface area contributed by atoms with Crippen molar-refractivity contribution in [2.24, 2.45) is 11.3 Å². The Bertz CT molecular complexity index is 117. The van der Waals surface area contributed by atoms with Crippen molar-refractivity contribution < 1.29 is 4.74 Å². The molecule has 0 atom stereocenters. The Morgan fingerprint density at radius 1 is 1.07 bits per heavy atom. The highest BCUT2D eigenvalue weighted by molar-refractivity contribution is 4.71. The molecule has 0 spiro atoms. The molecule has 0 bridgehead atoms. The first-order valence-electron chi connectivity index (χ1n) is 6.58. The third-order valence-electron chi connectivity index (χ3n) is 2.93. The van der Waals surface area contributed by atoms with Crippen molar-refractivity contribution in [1.29, 1.82) is 0 Å². The summed E-state index contributed by atoms with van der Waals surface area (Å²) in [4.78, 5) is 0. The Morgan fingerprint density at radius 2 is 1.60 bits per heavy atom. The van der Waals surface area contributed by atoms with E-state index >= 15 is 0 Å². The minimum Gasteiger partial charge on any atom is -0.381 e. The zero-order valence-corrected chi connectivity index (χ0v) is 12.0. The Balaban J connectivity index is 0. The Labute approximate surface area is 97.6 Å². The maximum Gasteiger partial charge on any atom is 0.0519 e. The molecule has 0 N–H and O–H groups in total. The van der Waals surface area contributed by atoms with Gasteiger partial charge in [-0.15, -0.1) is 0 Å². The molecular formula is C14H32O. The first-order chi connectivity index (χ1) is 7.00. The lowest BCUT2D eigenvalue weighted by Crippen LogP contribution is -2.25. The highest BCUT2D eigenvalue weighted by Gasteiger charge is 2.22. The second-order valence-electron chi connectivity index (χ2n) is 4.90. The van der Waals surface area contributed by atoms with Crippen molar-refractivity contribution in [2.45, 2.75) is 67.7 Å². The second kappa shape index (κ2) is 10.5. The molecule has 0 aromatic carbocycles. The molecule has 0 aliphatic rings. The molecule has 0 radical (unpaired) electrons. The second-order valence-corrected chi connectivity index (χ2v) is 4.90. The van der Waals surface area contributed by atoms with Gasteiger partial charge in [0.1, 0.15) is 0 Å². The third kappa shape index (κ3) is 10.2. The molecule has 94 valence electrons. The van der Waals surface area contributed by atoms with E-state index in [1.54, 1.807) is 0 Å². The molecule has 1 heteroatoms. The molecule has 0 saturated heterocycles. The van der Waals surface area contributed by atoms with E-state index in [1.807, 2.05) is 13.8 Å². The Kier molecular flexibility index (Phi) is 12.1. The van der Waals surface area contributed by atoms with Crippen LogP contribution in [0.3, 0.4) is 0 Å². The molecule has 0 saturated carbocycles. The minimum absolute atomic E-state index is 0.326. The van der Waals surface area contributed by atoms with Gasteiger partial charge in [-0.1, -0.05) is 61.3 Å². The topological polar surface area (TPSA) is 9.23 Å². The summed E-state index contributed by atoms with van der Waals surface area (Å²) in [7, 11) is 0. The van der Waals surface area contributed by atoms with Gasteiger partial charge in [0.2, 0.25) is 0 Å². The summed E-state index contributed by atoms with van der Waals surface area (Å²) < 4.78 is 5.66. The molecule has 0 aromatic heterocycles. The summed E-state index contributed by atoms with van der Waals surface area (Å²) in [5.41, 5.74) is 0.326. The number of hydrogen-bond donors (Lipinski definition) is 0. The van der Waals surface area contributed by atoms with Gasteiger partial charge in [-0.2, -0.15) is 0 Å². The number of ether oxygens (including phenoxy) is 1. The summed E-state index contributed by atoms with van der Waals surface area (Å²) in [6.07, 6.45) is 3.78. The van der Waals surface area contributed by atoms with Crippen molar-refractivity contribution in [3.63, 3.8) is 0 Å². The van der Waals surface area contributed by atoms with E-state index < -0.39 is 0 Å². The first kappa shape index (κ1) is 17.4. The van der Waals surface area contributed by atoms with E-state index in [0.717, 1.165) is 13.2 Å². The van der Waals surface area contributed by atoms with Crippen LogP contribution >= 0.6 is 0 Å². The van der Waals surface area contributed by atoms with Gasteiger partial charge >= 0.3 is 0 Å². The zero-order chi connectivity index (χ0) is 12.3. The van der Waals surface area contributed by atoms with E-state index in [4.69, 9.17) is 4.74 Å². The zero-order valence-electron chi connectivity index (χ0n) is 12.0. The highest BCUT2D eigenvalue weighted by atomic mass is 16.5. The van der Waals surface area contributed by atoms with Crippen LogP contribution in [0.2, 0.25) is 0 Å². The monoisotopic (exact) mass is 216 g/mol. The summed E-state index contributed by atoms with van der Waals surface area (Å²) in [5.74, 6) is 0.693. The lowest BCUT2D eigenvalue weighted by atomic mass is 9.82. The SMILES string of the molecule is CC.CCCCCOCC(C)(C)C(C)C. The number of rotatable bonds is 7. The summed E-state index contributed by atoms with van der Waals surface area (Å²) in [5, 5.41) is 0. The molecule has 0 amide bonds. The molecule has 0 rings (SSSR count). The van der Waals surface area contributed by atoms with Crippen molar-refractivity contribution in [3.8, 4) is 0 Å². The van der Waals surface area contributed by atoms with Gasteiger partial charge in [0.15, 0.2) is 0 Å². The fraction of sp³-hybridized carbons (Fsp3) is 1.00. The fourth-order valence-electron chi connectivity index (χ4n) is 0.956. The molecule has 0 unspecified atom stereocenters. The fourth-order valence-corrected chi connectivity index (χ4v) is 0.956. The van der Waals surface area contributed by atoms with Gasteiger partial charge in [0.05, 0.1) is 6.61 Å². The van der Waals surface area contributed by atoms with Crippen LogP contribution in [0.4, 0.5) is 0 Å². The van der Waals surface area contributed by atoms with Crippen molar-refractivity contribution in [3.05, 3.63) is 0 Å². The maximum atomic E-state index is 5.66. The lowest BCUT2D eigenvalue weighted by molar-refractivity contribution is 0.0359. The van der Waals surface area contributed by atoms with E-state index in [0.29, 0.717) is 11.3 Å². The highest BCUT2D eigenvalue weighted by Crippen LogP contribution is 2.26. The average molecular weight is 216 g/mol. The van der Waals surface area contributed by atoms with Gasteiger partial charge in [-0.3, -0.25) is 0 Å². The van der Waals surface area contributed by atoms with Crippen LogP contribution in [-0.4, -0.2) is 13.2 Å². The van der Waals surface area contributed by atoms with E-state index in [2.05, 4.69) is 34.6 Å². The van der Waals surface area contributed by atoms with Gasteiger partial charge < -0.3 is 4.74 Å². The van der Waals surface area contributed by atoms with Crippen LogP contribution in [0, 0.1) is 11.3 Å². The van der Waals surface area contributed by atoms with Crippen LogP contribution in [0.1, 0.15) is 67.7 Å². The third-order valence-corrected chi connectivity index (χ3v) is 2.93. The lowest BCUT2D eigenvalue weighted by Gasteiger charge is -2.28. The van der Waals surface area contributed by atoms with Crippen LogP contribution in [-0.2, 0) is 4.74 Å². The van der Waals surface area contributed by atoms with Gasteiger partial charge in [-0.25, -0.2) is 0 Å². The Hall–Kier alpha value is -0.0400. The van der Waals surface area contributed by atoms with Crippen molar-refractivity contribution >= 4 is 0 Å². The Morgan fingerprint density at radius 3 is 2.00 bits per heavy atom. The molecule has 0 fully saturated rings. The normalized spacial score (nSPS) is 11.2. The quantitative estimate of drug-likeness (QED) is 0.550. The molecule has 0 aromatic rings. The molecule has 0 aliphatic heterocycles. The first-order valence-corrected chi connectivity index (χ1v) is 6.58. The van der Waals surface area contributed by atoms with E-state index in [-0.39, 0.29) is 0 Å². The maximum absolute atomic E-state index is 5.66. The van der Waals surface area contributed by atoms with Gasteiger partial charge in [0.25, 0.3) is 0 Å². The molecule has 0 heterocycles. The predicted molar refractivity (Wildman–Crippen MR) is 70.3 cm³/mol. The van der Waals surface area contributed by atoms with Gasteiger partial charge in [0, 0.05) is 6.61 Å². The van der Waals surface area contributed by atoms with Crippen LogP contribution in [0.15, 0.2) is 0 Å². The average Bonchev–Trinajstić information content (AvgIpc) is 2.20. The van der Waals surface area contributed by atoms with Crippen molar-refractivity contribution in [2.75, 3.05) is 13.2 Å². The minimum atomic E-state index is 0.326. The molecular weight excluding hydrogens is 184 g/mol. The largest absolute Gasteiger partial charge is 0.381 e. The smallest absolute Gasteiger partial charge is 0.0519 e. The van der Waals surface area contributed by atoms with Crippen LogP contribution < -0.4 is 0 Å². The van der Waals surface area contributed by atoms with E-state index in [9.17, 15) is 0 Å². The van der Waals surface area contributed by atoms with Crippen LogP contribution in [0.5, 0.6) is 0 Å². The summed E-state index contributed by atoms with van der Waals surface area (Å²) in [6.45, 7) is 17.1. The number of hydrogen-bond acceptors (Lipinski definition) is 1.